The topological polar surface area (TPSA) is 17.1 Å². The van der Waals surface area contributed by atoms with E-state index in [0.717, 1.165) is 23.9 Å². The van der Waals surface area contributed by atoms with Gasteiger partial charge in [-0.25, -0.2) is 8.78 Å². The van der Waals surface area contributed by atoms with Gasteiger partial charge in [0.05, 0.1) is 5.56 Å². The summed E-state index contributed by atoms with van der Waals surface area (Å²) in [6.45, 7) is 1.47. The second kappa shape index (κ2) is 6.29. The van der Waals surface area contributed by atoms with Gasteiger partial charge in [0, 0.05) is 19.1 Å². The van der Waals surface area contributed by atoms with Gasteiger partial charge >= 0.3 is 0 Å². The fraction of sp³-hybridized carbons (Fsp3) is 0.250. The zero-order chi connectivity index (χ0) is 12.0. The molecule has 16 heavy (non-hydrogen) atoms. The molecule has 0 aliphatic heterocycles. The van der Waals surface area contributed by atoms with E-state index in [1.807, 2.05) is 0 Å². The van der Waals surface area contributed by atoms with Crippen molar-refractivity contribution in [1.29, 1.82) is 0 Å². The van der Waals surface area contributed by atoms with E-state index < -0.39 is 11.6 Å². The minimum Gasteiger partial charge on any atom is -0.288 e. The lowest BCUT2D eigenvalue weighted by Crippen LogP contribution is -1.89. The largest absolute Gasteiger partial charge is 0.288 e. The third kappa shape index (κ3) is 4.03. The Kier molecular flexibility index (Phi) is 5.00. The second-order valence-corrected chi connectivity index (χ2v) is 4.26. The normalized spacial score (nSPS) is 9.44. The van der Waals surface area contributed by atoms with Crippen LogP contribution in [0.4, 0.5) is 8.78 Å². The van der Waals surface area contributed by atoms with Gasteiger partial charge in [0.25, 0.3) is 0 Å². The van der Waals surface area contributed by atoms with Gasteiger partial charge in [-0.05, 0) is 12.1 Å². The molecule has 0 aromatic heterocycles. The Morgan fingerprint density at radius 3 is 2.56 bits per heavy atom. The Morgan fingerprint density at radius 2 is 2.00 bits per heavy atom. The maximum atomic E-state index is 13.1. The van der Waals surface area contributed by atoms with Gasteiger partial charge < -0.3 is 0 Å². The molecule has 0 saturated heterocycles. The fourth-order valence-electron chi connectivity index (χ4n) is 1.01. The quantitative estimate of drug-likeness (QED) is 0.584. The number of thioether (sulfide) groups is 1. The minimum atomic E-state index is -0.660. The molecule has 0 saturated carbocycles. The van der Waals surface area contributed by atoms with E-state index in [-0.39, 0.29) is 10.7 Å². The maximum Gasteiger partial charge on any atom is 0.185 e. The highest BCUT2D eigenvalue weighted by Gasteiger charge is 2.03. The van der Waals surface area contributed by atoms with Crippen LogP contribution in [0.2, 0.25) is 0 Å². The molecule has 0 atom stereocenters. The molecule has 1 aromatic rings. The number of hydrogen-bond donors (Lipinski definition) is 0. The Labute approximate surface area is 97.2 Å². The van der Waals surface area contributed by atoms with Crippen molar-refractivity contribution in [2.75, 3.05) is 5.75 Å². The summed E-state index contributed by atoms with van der Waals surface area (Å²) in [7, 11) is 0. The molecule has 1 rings (SSSR count). The van der Waals surface area contributed by atoms with Crippen LogP contribution >= 0.6 is 11.8 Å². The van der Waals surface area contributed by atoms with Gasteiger partial charge in [0.1, 0.15) is 11.6 Å². The number of carbonyl (C=O) groups is 1. The highest BCUT2D eigenvalue weighted by atomic mass is 32.2. The maximum absolute atomic E-state index is 13.1. The van der Waals surface area contributed by atoms with Crippen molar-refractivity contribution in [1.82, 2.24) is 0 Å². The predicted octanol–water partition coefficient (Wildman–Crippen LogP) is 2.99. The molecule has 0 aliphatic carbocycles. The van der Waals surface area contributed by atoms with Crippen LogP contribution in [-0.4, -0.2) is 10.9 Å². The van der Waals surface area contributed by atoms with Gasteiger partial charge in [-0.3, -0.25) is 4.79 Å². The predicted molar refractivity (Wildman–Crippen MR) is 61.0 cm³/mol. The first kappa shape index (κ1) is 12.7. The molecular formula is C12H10F2OS. The molecule has 1 aromatic carbocycles. The number of benzene rings is 1. The van der Waals surface area contributed by atoms with E-state index in [0.29, 0.717) is 12.2 Å². The Morgan fingerprint density at radius 1 is 1.38 bits per heavy atom. The summed E-state index contributed by atoms with van der Waals surface area (Å²) in [6, 6.07) is 3.62. The van der Waals surface area contributed by atoms with Crippen LogP contribution < -0.4 is 0 Å². The summed E-state index contributed by atoms with van der Waals surface area (Å²) in [6.07, 6.45) is 0.429. The average Bonchev–Trinajstić information content (AvgIpc) is 2.21. The average molecular weight is 240 g/mol. The summed E-state index contributed by atoms with van der Waals surface area (Å²) in [5.41, 5.74) is -0.213. The van der Waals surface area contributed by atoms with E-state index in [1.165, 1.54) is 13.0 Å². The van der Waals surface area contributed by atoms with Gasteiger partial charge in [-0.15, -0.1) is 0 Å². The van der Waals surface area contributed by atoms with Crippen molar-refractivity contribution in [3.05, 3.63) is 35.4 Å². The fourth-order valence-corrected chi connectivity index (χ4v) is 1.51. The molecule has 0 bridgehead atoms. The zero-order valence-corrected chi connectivity index (χ0v) is 9.54. The molecule has 4 heteroatoms. The highest BCUT2D eigenvalue weighted by Crippen LogP contribution is 2.10. The number of halogens is 2. The molecule has 0 radical (unpaired) electrons. The highest BCUT2D eigenvalue weighted by molar-refractivity contribution is 8.13. The summed E-state index contributed by atoms with van der Waals surface area (Å²) >= 11 is 1.15. The second-order valence-electron chi connectivity index (χ2n) is 2.99. The molecule has 0 unspecified atom stereocenters. The SMILES string of the molecule is CC(=O)SCCC#Cc1c(F)cccc1F. The Balaban J connectivity index is 2.60. The van der Waals surface area contributed by atoms with E-state index >= 15 is 0 Å². The molecule has 84 valence electrons. The van der Waals surface area contributed by atoms with Crippen molar-refractivity contribution in [3.63, 3.8) is 0 Å². The standard InChI is InChI=1S/C12H10F2OS/c1-9(15)16-8-3-2-5-10-11(13)6-4-7-12(10)14/h4,6-7H,3,8H2,1H3. The van der Waals surface area contributed by atoms with Crippen molar-refractivity contribution in [2.45, 2.75) is 13.3 Å². The third-order valence-corrected chi connectivity index (χ3v) is 2.52. The van der Waals surface area contributed by atoms with Crippen molar-refractivity contribution < 1.29 is 13.6 Å². The van der Waals surface area contributed by atoms with E-state index in [9.17, 15) is 13.6 Å². The Bertz CT molecular complexity index is 426. The van der Waals surface area contributed by atoms with Crippen LogP contribution in [0.1, 0.15) is 18.9 Å². The smallest absolute Gasteiger partial charge is 0.185 e. The van der Waals surface area contributed by atoms with Gasteiger partial charge in [0.2, 0.25) is 0 Å². The van der Waals surface area contributed by atoms with Crippen LogP contribution in [0, 0.1) is 23.5 Å². The minimum absolute atomic E-state index is 0.0128. The molecule has 0 N–H and O–H groups in total. The van der Waals surface area contributed by atoms with Crippen LogP contribution in [0.15, 0.2) is 18.2 Å². The lowest BCUT2D eigenvalue weighted by atomic mass is 10.2. The molecular weight excluding hydrogens is 230 g/mol. The van der Waals surface area contributed by atoms with Crippen LogP contribution in [0.25, 0.3) is 0 Å². The van der Waals surface area contributed by atoms with Crippen LogP contribution in [0.3, 0.4) is 0 Å². The first-order chi connectivity index (χ1) is 7.61. The van der Waals surface area contributed by atoms with Crippen LogP contribution in [-0.2, 0) is 4.79 Å². The third-order valence-electron chi connectivity index (χ3n) is 1.71. The Hall–Kier alpha value is -1.34. The molecule has 1 nitrogen and oxygen atoms in total. The lowest BCUT2D eigenvalue weighted by molar-refractivity contribution is -0.109. The summed E-state index contributed by atoms with van der Waals surface area (Å²) < 4.78 is 26.2. The lowest BCUT2D eigenvalue weighted by Gasteiger charge is -1.95. The van der Waals surface area contributed by atoms with E-state index in [1.54, 1.807) is 0 Å². The number of carbonyl (C=O) groups excluding carboxylic acids is 1. The van der Waals surface area contributed by atoms with E-state index in [4.69, 9.17) is 0 Å². The molecule has 0 heterocycles. The van der Waals surface area contributed by atoms with Crippen LogP contribution in [0.5, 0.6) is 0 Å². The molecule has 0 spiro atoms. The van der Waals surface area contributed by atoms with Gasteiger partial charge in [0.15, 0.2) is 5.12 Å². The first-order valence-electron chi connectivity index (χ1n) is 4.67. The molecule has 0 aliphatic rings. The molecule has 0 amide bonds. The number of hydrogen-bond acceptors (Lipinski definition) is 2. The summed E-state index contributed by atoms with van der Waals surface area (Å²) in [5, 5.41) is 0.0128. The van der Waals surface area contributed by atoms with Crippen molar-refractivity contribution in [2.24, 2.45) is 0 Å². The number of rotatable bonds is 2. The van der Waals surface area contributed by atoms with E-state index in [2.05, 4.69) is 11.8 Å². The van der Waals surface area contributed by atoms with Gasteiger partial charge in [-0.2, -0.15) is 0 Å². The molecule has 0 fully saturated rings. The summed E-state index contributed by atoms with van der Waals surface area (Å²) in [5.74, 6) is 4.29. The van der Waals surface area contributed by atoms with Crippen molar-refractivity contribution in [3.8, 4) is 11.8 Å². The van der Waals surface area contributed by atoms with Gasteiger partial charge in [-0.1, -0.05) is 29.7 Å². The summed E-state index contributed by atoms with van der Waals surface area (Å²) in [4.78, 5) is 10.6. The first-order valence-corrected chi connectivity index (χ1v) is 5.66. The monoisotopic (exact) mass is 240 g/mol. The van der Waals surface area contributed by atoms with Crippen molar-refractivity contribution >= 4 is 16.9 Å². The zero-order valence-electron chi connectivity index (χ0n) is 8.72.